The van der Waals surface area contributed by atoms with Gasteiger partial charge in [0.05, 0.1) is 26.1 Å². The van der Waals surface area contributed by atoms with E-state index in [1.807, 2.05) is 0 Å². The van der Waals surface area contributed by atoms with Crippen LogP contribution in [-0.2, 0) is 7.01 Å². The van der Waals surface area contributed by atoms with Crippen LogP contribution in [0.3, 0.4) is 0 Å². The minimum Gasteiger partial charge on any atom is -0.263 e. The van der Waals surface area contributed by atoms with Gasteiger partial charge in [-0.3, -0.25) is 4.98 Å². The summed E-state index contributed by atoms with van der Waals surface area (Å²) in [6, 6.07) is 3.10. The van der Waals surface area contributed by atoms with E-state index in [1.165, 1.54) is 39.7 Å². The molecular formula is C5H4INO2S. The molecule has 1 heterocycles. The van der Waals surface area contributed by atoms with Crippen LogP contribution in [0.15, 0.2) is 29.4 Å². The Labute approximate surface area is 71.0 Å². The van der Waals surface area contributed by atoms with Crippen molar-refractivity contribution in [1.29, 1.82) is 0 Å². The lowest BCUT2D eigenvalue weighted by atomic mass is 10.5. The maximum atomic E-state index is 10.8. The van der Waals surface area contributed by atoms with Crippen molar-refractivity contribution in [3.63, 3.8) is 0 Å². The lowest BCUT2D eigenvalue weighted by Gasteiger charge is -1.90. The molecule has 0 unspecified atom stereocenters. The SMILES string of the molecule is O=S(=O)(I)c1cccnc1. The van der Waals surface area contributed by atoms with E-state index in [0.29, 0.717) is 0 Å². The smallest absolute Gasteiger partial charge is 0.232 e. The first-order valence-electron chi connectivity index (χ1n) is 2.45. The average molecular weight is 269 g/mol. The zero-order chi connectivity index (χ0) is 7.61. The molecular weight excluding hydrogens is 265 g/mol. The van der Waals surface area contributed by atoms with E-state index in [-0.39, 0.29) is 4.90 Å². The highest BCUT2D eigenvalue weighted by atomic mass is 127. The second kappa shape index (κ2) is 2.83. The fraction of sp³-hybridized carbons (Fsp3) is 0. The van der Waals surface area contributed by atoms with Gasteiger partial charge >= 0.3 is 0 Å². The van der Waals surface area contributed by atoms with E-state index < -0.39 is 7.01 Å². The summed E-state index contributed by atoms with van der Waals surface area (Å²) in [6.07, 6.45) is 2.85. The molecule has 0 N–H and O–H groups in total. The molecule has 5 heteroatoms. The fourth-order valence-electron chi connectivity index (χ4n) is 0.491. The van der Waals surface area contributed by atoms with Crippen molar-refractivity contribution in [2.45, 2.75) is 4.90 Å². The van der Waals surface area contributed by atoms with Gasteiger partial charge in [-0.25, -0.2) is 8.42 Å². The summed E-state index contributed by atoms with van der Waals surface area (Å²) in [5.41, 5.74) is 0. The highest BCUT2D eigenvalue weighted by molar-refractivity contribution is 14.2. The van der Waals surface area contributed by atoms with Gasteiger partial charge in [0.1, 0.15) is 0 Å². The highest BCUT2D eigenvalue weighted by Gasteiger charge is 2.06. The summed E-state index contributed by atoms with van der Waals surface area (Å²) in [6.45, 7) is 0. The van der Waals surface area contributed by atoms with Crippen molar-refractivity contribution in [2.75, 3.05) is 0 Å². The molecule has 0 radical (unpaired) electrons. The van der Waals surface area contributed by atoms with Gasteiger partial charge in [0, 0.05) is 12.4 Å². The highest BCUT2D eigenvalue weighted by Crippen LogP contribution is 2.14. The van der Waals surface area contributed by atoms with Crippen molar-refractivity contribution >= 4 is 28.2 Å². The van der Waals surface area contributed by atoms with Crippen LogP contribution in [0.5, 0.6) is 0 Å². The predicted octanol–water partition coefficient (Wildman–Crippen LogP) is 1.21. The van der Waals surface area contributed by atoms with Crippen molar-refractivity contribution < 1.29 is 8.42 Å². The zero-order valence-electron chi connectivity index (χ0n) is 4.86. The molecule has 0 amide bonds. The summed E-state index contributed by atoms with van der Waals surface area (Å²) in [5, 5.41) is 0. The second-order valence-electron chi connectivity index (χ2n) is 1.63. The van der Waals surface area contributed by atoms with Crippen molar-refractivity contribution in [3.8, 4) is 0 Å². The van der Waals surface area contributed by atoms with E-state index in [4.69, 9.17) is 0 Å². The van der Waals surface area contributed by atoms with Gasteiger partial charge in [-0.2, -0.15) is 0 Å². The second-order valence-corrected chi connectivity index (χ2v) is 6.45. The first-order chi connectivity index (χ1) is 4.61. The van der Waals surface area contributed by atoms with Crippen LogP contribution in [0, 0.1) is 0 Å². The van der Waals surface area contributed by atoms with Crippen molar-refractivity contribution in [2.24, 2.45) is 0 Å². The number of aromatic nitrogens is 1. The van der Waals surface area contributed by atoms with E-state index in [0.717, 1.165) is 0 Å². The third kappa shape index (κ3) is 1.91. The predicted molar refractivity (Wildman–Crippen MR) is 45.4 cm³/mol. The maximum Gasteiger partial charge on any atom is 0.232 e. The fourth-order valence-corrected chi connectivity index (χ4v) is 1.70. The topological polar surface area (TPSA) is 47.0 Å². The van der Waals surface area contributed by atoms with Gasteiger partial charge in [-0.15, -0.1) is 0 Å². The van der Waals surface area contributed by atoms with Crippen LogP contribution in [0.4, 0.5) is 0 Å². The minimum atomic E-state index is -3.10. The number of hydrogen-bond acceptors (Lipinski definition) is 3. The molecule has 0 aromatic carbocycles. The Bertz CT molecular complexity index is 308. The van der Waals surface area contributed by atoms with E-state index >= 15 is 0 Å². The third-order valence-electron chi connectivity index (χ3n) is 0.916. The van der Waals surface area contributed by atoms with Crippen LogP contribution in [-0.4, -0.2) is 13.4 Å². The minimum absolute atomic E-state index is 0.246. The molecule has 0 saturated carbocycles. The van der Waals surface area contributed by atoms with Crippen LogP contribution in [0.1, 0.15) is 0 Å². The van der Waals surface area contributed by atoms with E-state index in [9.17, 15) is 8.42 Å². The Morgan fingerprint density at radius 3 is 2.50 bits per heavy atom. The van der Waals surface area contributed by atoms with Gasteiger partial charge in [-0.1, -0.05) is 0 Å². The number of nitrogens with zero attached hydrogens (tertiary/aromatic N) is 1. The van der Waals surface area contributed by atoms with Crippen molar-refractivity contribution in [3.05, 3.63) is 24.5 Å². The largest absolute Gasteiger partial charge is 0.263 e. The standard InChI is InChI=1S/C5H4INO2S/c6-10(8,9)5-2-1-3-7-4-5/h1-4H. The van der Waals surface area contributed by atoms with E-state index in [1.54, 1.807) is 6.07 Å². The summed E-state index contributed by atoms with van der Waals surface area (Å²) in [4.78, 5) is 3.91. The van der Waals surface area contributed by atoms with Gasteiger partial charge in [0.15, 0.2) is 0 Å². The molecule has 0 saturated heterocycles. The van der Waals surface area contributed by atoms with Crippen LogP contribution >= 0.6 is 21.2 Å². The number of pyridine rings is 1. The number of hydrogen-bond donors (Lipinski definition) is 0. The van der Waals surface area contributed by atoms with Crippen molar-refractivity contribution in [1.82, 2.24) is 4.98 Å². The Morgan fingerprint density at radius 2 is 2.20 bits per heavy atom. The number of rotatable bonds is 1. The van der Waals surface area contributed by atoms with Gasteiger partial charge in [-0.05, 0) is 12.1 Å². The molecule has 3 nitrogen and oxygen atoms in total. The molecule has 0 aliphatic carbocycles. The van der Waals surface area contributed by atoms with Gasteiger partial charge in [0.2, 0.25) is 7.01 Å². The Balaban J connectivity index is 3.22. The Hall–Kier alpha value is -0.170. The summed E-state index contributed by atoms with van der Waals surface area (Å²) < 4.78 is 21.6. The monoisotopic (exact) mass is 269 g/mol. The molecule has 1 rings (SSSR count). The summed E-state index contributed by atoms with van der Waals surface area (Å²) >= 11 is 1.37. The van der Waals surface area contributed by atoms with Crippen LogP contribution in [0.2, 0.25) is 0 Å². The third-order valence-corrected chi connectivity index (χ3v) is 3.25. The lowest BCUT2D eigenvalue weighted by molar-refractivity contribution is 0.612. The van der Waals surface area contributed by atoms with Crippen LogP contribution in [0.25, 0.3) is 0 Å². The molecule has 0 bridgehead atoms. The van der Waals surface area contributed by atoms with Gasteiger partial charge in [0.25, 0.3) is 0 Å². The molecule has 10 heavy (non-hydrogen) atoms. The zero-order valence-corrected chi connectivity index (χ0v) is 7.83. The summed E-state index contributed by atoms with van der Waals surface area (Å²) in [7, 11) is -3.10. The Morgan fingerprint density at radius 1 is 1.50 bits per heavy atom. The maximum absolute atomic E-state index is 10.8. The van der Waals surface area contributed by atoms with Crippen LogP contribution < -0.4 is 0 Å². The van der Waals surface area contributed by atoms with Gasteiger partial charge < -0.3 is 0 Å². The first-order valence-corrected chi connectivity index (χ1v) is 6.48. The average Bonchev–Trinajstić information content (AvgIpc) is 1.88. The molecule has 1 aromatic heterocycles. The molecule has 0 atom stereocenters. The lowest BCUT2D eigenvalue weighted by Crippen LogP contribution is -1.88. The quantitative estimate of drug-likeness (QED) is 0.568. The molecule has 0 aliphatic heterocycles. The summed E-state index contributed by atoms with van der Waals surface area (Å²) in [5.74, 6) is 0. The number of halogens is 1. The molecule has 0 aliphatic rings. The molecule has 1 aromatic rings. The van der Waals surface area contributed by atoms with E-state index in [2.05, 4.69) is 4.98 Å². The normalized spacial score (nSPS) is 11.3. The molecule has 54 valence electrons. The first kappa shape index (κ1) is 7.93. The molecule has 0 spiro atoms. The Kier molecular flexibility index (Phi) is 2.24. The molecule has 0 fully saturated rings.